The first-order valence-corrected chi connectivity index (χ1v) is 9.09. The number of ether oxygens (including phenoxy) is 3. The minimum atomic E-state index is -0.635. The Labute approximate surface area is 169 Å². The van der Waals surface area contributed by atoms with E-state index in [4.69, 9.17) is 9.47 Å². The van der Waals surface area contributed by atoms with Gasteiger partial charge in [0.2, 0.25) is 0 Å². The average molecular weight is 390 g/mol. The van der Waals surface area contributed by atoms with Crippen molar-refractivity contribution in [1.82, 2.24) is 5.43 Å². The molecule has 0 saturated carbocycles. The number of hydrogen-bond acceptors (Lipinski definition) is 5. The fourth-order valence-electron chi connectivity index (χ4n) is 2.51. The van der Waals surface area contributed by atoms with Gasteiger partial charge in [-0.3, -0.25) is 0 Å². The number of benzene rings is 3. The van der Waals surface area contributed by atoms with Crippen LogP contribution in [0.5, 0.6) is 11.5 Å². The summed E-state index contributed by atoms with van der Waals surface area (Å²) in [6.07, 6.45) is 0.873. The second-order valence-corrected chi connectivity index (χ2v) is 6.12. The highest BCUT2D eigenvalue weighted by molar-refractivity contribution is 5.82. The van der Waals surface area contributed by atoms with E-state index >= 15 is 0 Å². The van der Waals surface area contributed by atoms with E-state index in [2.05, 4.69) is 15.3 Å². The molecular formula is C23H22N2O4. The van der Waals surface area contributed by atoms with Gasteiger partial charge in [-0.05, 0) is 34.9 Å². The second-order valence-electron chi connectivity index (χ2n) is 6.12. The molecule has 148 valence electrons. The maximum Gasteiger partial charge on any atom is 0.427 e. The largest absolute Gasteiger partial charge is 0.485 e. The summed E-state index contributed by atoms with van der Waals surface area (Å²) in [5.41, 5.74) is 5.12. The number of hydrazone groups is 1. The van der Waals surface area contributed by atoms with Gasteiger partial charge >= 0.3 is 6.09 Å². The summed E-state index contributed by atoms with van der Waals surface area (Å²) in [4.78, 5) is 11.1. The van der Waals surface area contributed by atoms with Crippen LogP contribution in [0.25, 0.3) is 0 Å². The third-order valence-corrected chi connectivity index (χ3v) is 4.00. The number of carbonyl (C=O) groups excluding carboxylic acids is 1. The molecule has 0 atom stereocenters. The molecule has 6 nitrogen and oxygen atoms in total. The second kappa shape index (κ2) is 10.5. The molecular weight excluding hydrogens is 368 g/mol. The molecule has 0 aliphatic heterocycles. The van der Waals surface area contributed by atoms with E-state index in [9.17, 15) is 4.79 Å². The number of nitrogens with one attached hydrogen (secondary N) is 1. The molecule has 3 aromatic carbocycles. The van der Waals surface area contributed by atoms with Crippen molar-refractivity contribution in [2.75, 3.05) is 7.11 Å². The van der Waals surface area contributed by atoms with Crippen molar-refractivity contribution in [3.63, 3.8) is 0 Å². The summed E-state index contributed by atoms with van der Waals surface area (Å²) in [6, 6.07) is 25.3. The Kier molecular flexibility index (Phi) is 7.23. The summed E-state index contributed by atoms with van der Waals surface area (Å²) in [5, 5.41) is 3.85. The molecule has 0 radical (unpaired) electrons. The standard InChI is InChI=1S/C23H22N2O4/c1-27-23(26)25-24-15-20-12-13-21(28-16-18-8-4-2-5-9-18)22(14-20)29-17-19-10-6-3-7-11-19/h2-15H,16-17H2,1H3,(H,25,26). The van der Waals surface area contributed by atoms with Gasteiger partial charge in [0.1, 0.15) is 13.2 Å². The van der Waals surface area contributed by atoms with Crippen LogP contribution >= 0.6 is 0 Å². The molecule has 29 heavy (non-hydrogen) atoms. The van der Waals surface area contributed by atoms with Gasteiger partial charge in [-0.15, -0.1) is 0 Å². The van der Waals surface area contributed by atoms with Gasteiger partial charge in [0.15, 0.2) is 11.5 Å². The number of methoxy groups -OCH3 is 1. The monoisotopic (exact) mass is 390 g/mol. The Bertz CT molecular complexity index is 944. The number of rotatable bonds is 8. The number of hydrogen-bond donors (Lipinski definition) is 1. The zero-order valence-electron chi connectivity index (χ0n) is 16.1. The van der Waals surface area contributed by atoms with Crippen LogP contribution in [0.15, 0.2) is 84.0 Å². The minimum absolute atomic E-state index is 0.406. The van der Waals surface area contributed by atoms with Crippen molar-refractivity contribution in [3.05, 3.63) is 95.6 Å². The zero-order valence-corrected chi connectivity index (χ0v) is 16.1. The molecule has 0 bridgehead atoms. The normalized spacial score (nSPS) is 10.5. The Morgan fingerprint density at radius 2 is 1.45 bits per heavy atom. The van der Waals surface area contributed by atoms with E-state index in [-0.39, 0.29) is 0 Å². The van der Waals surface area contributed by atoms with E-state index in [0.29, 0.717) is 24.7 Å². The molecule has 0 fully saturated rings. The molecule has 0 saturated heterocycles. The smallest absolute Gasteiger partial charge is 0.427 e. The summed E-state index contributed by atoms with van der Waals surface area (Å²) in [6.45, 7) is 0.837. The van der Waals surface area contributed by atoms with Crippen LogP contribution in [0.2, 0.25) is 0 Å². The predicted molar refractivity (Wildman–Crippen MR) is 111 cm³/mol. The predicted octanol–water partition coefficient (Wildman–Crippen LogP) is 4.53. The van der Waals surface area contributed by atoms with E-state index in [1.54, 1.807) is 0 Å². The van der Waals surface area contributed by atoms with Gasteiger partial charge < -0.3 is 14.2 Å². The molecule has 0 aromatic heterocycles. The lowest BCUT2D eigenvalue weighted by Gasteiger charge is -2.14. The average Bonchev–Trinajstić information content (AvgIpc) is 2.78. The van der Waals surface area contributed by atoms with Crippen molar-refractivity contribution in [1.29, 1.82) is 0 Å². The molecule has 0 spiro atoms. The van der Waals surface area contributed by atoms with Gasteiger partial charge in [0, 0.05) is 0 Å². The Morgan fingerprint density at radius 3 is 2.03 bits per heavy atom. The van der Waals surface area contributed by atoms with E-state index in [1.807, 2.05) is 78.9 Å². The van der Waals surface area contributed by atoms with E-state index < -0.39 is 6.09 Å². The van der Waals surface area contributed by atoms with Crippen LogP contribution in [0.1, 0.15) is 16.7 Å². The lowest BCUT2D eigenvalue weighted by molar-refractivity contribution is 0.171. The lowest BCUT2D eigenvalue weighted by atomic mass is 10.2. The van der Waals surface area contributed by atoms with Crippen LogP contribution < -0.4 is 14.9 Å². The quantitative estimate of drug-likeness (QED) is 0.453. The number of carbonyl (C=O) groups is 1. The van der Waals surface area contributed by atoms with Gasteiger partial charge in [-0.1, -0.05) is 60.7 Å². The third kappa shape index (κ3) is 6.39. The molecule has 3 rings (SSSR count). The summed E-state index contributed by atoms with van der Waals surface area (Å²) in [7, 11) is 1.28. The Balaban J connectivity index is 1.74. The van der Waals surface area contributed by atoms with Gasteiger partial charge in [0.05, 0.1) is 13.3 Å². The first-order chi connectivity index (χ1) is 14.2. The van der Waals surface area contributed by atoms with Crippen LogP contribution in [0.4, 0.5) is 4.79 Å². The molecule has 0 aliphatic rings. The highest BCUT2D eigenvalue weighted by Gasteiger charge is 2.08. The highest BCUT2D eigenvalue weighted by atomic mass is 16.5. The molecule has 0 aliphatic carbocycles. The van der Waals surface area contributed by atoms with Crippen molar-refractivity contribution in [2.24, 2.45) is 5.10 Å². The molecule has 1 amide bonds. The topological polar surface area (TPSA) is 69.2 Å². The molecule has 6 heteroatoms. The van der Waals surface area contributed by atoms with E-state index in [1.165, 1.54) is 13.3 Å². The van der Waals surface area contributed by atoms with Crippen LogP contribution in [0.3, 0.4) is 0 Å². The van der Waals surface area contributed by atoms with E-state index in [0.717, 1.165) is 16.7 Å². The van der Waals surface area contributed by atoms with Gasteiger partial charge in [0.25, 0.3) is 0 Å². The molecule has 3 aromatic rings. The first kappa shape index (κ1) is 19.9. The number of amides is 1. The summed E-state index contributed by atoms with van der Waals surface area (Å²) < 4.78 is 16.5. The third-order valence-electron chi connectivity index (χ3n) is 4.00. The van der Waals surface area contributed by atoms with Crippen molar-refractivity contribution < 1.29 is 19.0 Å². The lowest BCUT2D eigenvalue weighted by Crippen LogP contribution is -2.16. The molecule has 0 heterocycles. The van der Waals surface area contributed by atoms with Crippen molar-refractivity contribution in [2.45, 2.75) is 13.2 Å². The van der Waals surface area contributed by atoms with Crippen LogP contribution in [-0.4, -0.2) is 19.4 Å². The molecule has 1 N–H and O–H groups in total. The Hall–Kier alpha value is -3.80. The van der Waals surface area contributed by atoms with Crippen molar-refractivity contribution >= 4 is 12.3 Å². The highest BCUT2D eigenvalue weighted by Crippen LogP contribution is 2.29. The SMILES string of the molecule is COC(=O)NN=Cc1ccc(OCc2ccccc2)c(OCc2ccccc2)c1. The first-order valence-electron chi connectivity index (χ1n) is 9.09. The Morgan fingerprint density at radius 1 is 0.862 bits per heavy atom. The maximum atomic E-state index is 11.1. The summed E-state index contributed by atoms with van der Waals surface area (Å²) >= 11 is 0. The van der Waals surface area contributed by atoms with Crippen LogP contribution in [0, 0.1) is 0 Å². The fraction of sp³-hybridized carbons (Fsp3) is 0.130. The van der Waals surface area contributed by atoms with Gasteiger partial charge in [-0.2, -0.15) is 5.10 Å². The molecule has 0 unspecified atom stereocenters. The van der Waals surface area contributed by atoms with Crippen molar-refractivity contribution in [3.8, 4) is 11.5 Å². The summed E-state index contributed by atoms with van der Waals surface area (Å²) in [5.74, 6) is 1.22. The maximum absolute atomic E-state index is 11.1. The fourth-order valence-corrected chi connectivity index (χ4v) is 2.51. The zero-order chi connectivity index (χ0) is 20.3. The van der Waals surface area contributed by atoms with Gasteiger partial charge in [-0.25, -0.2) is 10.2 Å². The number of nitrogens with zero attached hydrogens (tertiary/aromatic N) is 1. The van der Waals surface area contributed by atoms with Crippen LogP contribution in [-0.2, 0) is 18.0 Å². The minimum Gasteiger partial charge on any atom is -0.485 e.